The molecule has 5 rings (SSSR count). The van der Waals surface area contributed by atoms with Crippen LogP contribution in [0.1, 0.15) is 35.2 Å². The van der Waals surface area contributed by atoms with E-state index in [0.717, 1.165) is 30.5 Å². The number of H-pyrrole nitrogens is 1. The summed E-state index contributed by atoms with van der Waals surface area (Å²) in [6, 6.07) is 17.6. The molecule has 6 nitrogen and oxygen atoms in total. The summed E-state index contributed by atoms with van der Waals surface area (Å²) in [5.74, 6) is 0.861. The van der Waals surface area contributed by atoms with Gasteiger partial charge in [0, 0.05) is 68.6 Å². The zero-order chi connectivity index (χ0) is 23.2. The molecule has 1 heterocycles. The largest absolute Gasteiger partial charge is 0.378 e. The maximum atomic E-state index is 12.3. The predicted molar refractivity (Wildman–Crippen MR) is 135 cm³/mol. The average Bonchev–Trinajstić information content (AvgIpc) is 3.61. The van der Waals surface area contributed by atoms with Crippen molar-refractivity contribution in [3.63, 3.8) is 0 Å². The lowest BCUT2D eigenvalue weighted by Crippen LogP contribution is -2.31. The Morgan fingerprint density at radius 3 is 1.97 bits per heavy atom. The summed E-state index contributed by atoms with van der Waals surface area (Å²) in [5.41, 5.74) is 6.49. The van der Waals surface area contributed by atoms with Crippen LogP contribution in [0.5, 0.6) is 0 Å². The van der Waals surface area contributed by atoms with E-state index in [1.54, 1.807) is 0 Å². The highest BCUT2D eigenvalue weighted by Crippen LogP contribution is 2.43. The fraction of sp³-hybridized carbons (Fsp3) is 0.333. The van der Waals surface area contributed by atoms with Crippen LogP contribution in [-0.4, -0.2) is 44.3 Å². The molecule has 2 aliphatic carbocycles. The molecule has 1 aromatic heterocycles. The molecule has 0 aliphatic heterocycles. The molecular formula is C27H31N5O. The Morgan fingerprint density at radius 1 is 0.939 bits per heavy atom. The highest BCUT2D eigenvalue weighted by Gasteiger charge is 2.37. The standard InChI is InChI=1S/C27H31N5O/c1-31(2)21-11-7-19(8-12-21)27(20-9-13-22(14-10-20)32(3)4)16-15-23-24(17-27)29-30-25(23)28-26(33)18-5-6-18/h7-16,18H,5-6,17H2,1-4H3,(H2,28,29,30,33). The summed E-state index contributed by atoms with van der Waals surface area (Å²) in [5, 5.41) is 10.7. The van der Waals surface area contributed by atoms with Gasteiger partial charge in [-0.2, -0.15) is 5.10 Å². The zero-order valence-corrected chi connectivity index (χ0v) is 19.7. The monoisotopic (exact) mass is 441 g/mol. The molecule has 3 aromatic rings. The Kier molecular flexibility index (Phi) is 5.23. The van der Waals surface area contributed by atoms with Crippen molar-refractivity contribution < 1.29 is 4.79 Å². The van der Waals surface area contributed by atoms with E-state index in [1.165, 1.54) is 22.5 Å². The smallest absolute Gasteiger partial charge is 0.228 e. The molecule has 1 amide bonds. The average molecular weight is 442 g/mol. The lowest BCUT2D eigenvalue weighted by Gasteiger charge is -2.35. The van der Waals surface area contributed by atoms with Crippen LogP contribution in [-0.2, 0) is 16.6 Å². The summed E-state index contributed by atoms with van der Waals surface area (Å²) in [6.07, 6.45) is 7.08. The van der Waals surface area contributed by atoms with Crippen molar-refractivity contribution in [1.29, 1.82) is 0 Å². The van der Waals surface area contributed by atoms with Crippen molar-refractivity contribution in [3.8, 4) is 0 Å². The molecule has 1 saturated carbocycles. The minimum absolute atomic E-state index is 0.0769. The second-order valence-electron chi connectivity index (χ2n) is 9.59. The van der Waals surface area contributed by atoms with Crippen molar-refractivity contribution in [1.82, 2.24) is 10.2 Å². The number of amides is 1. The normalized spacial score (nSPS) is 16.2. The van der Waals surface area contributed by atoms with Gasteiger partial charge in [0.05, 0.1) is 0 Å². The Morgan fingerprint density at radius 2 is 1.48 bits per heavy atom. The van der Waals surface area contributed by atoms with Crippen molar-refractivity contribution in [2.24, 2.45) is 5.92 Å². The van der Waals surface area contributed by atoms with E-state index in [9.17, 15) is 4.79 Å². The Labute approximate surface area is 195 Å². The van der Waals surface area contributed by atoms with Gasteiger partial charge in [0.1, 0.15) is 0 Å². The van der Waals surface area contributed by atoms with Gasteiger partial charge < -0.3 is 15.1 Å². The summed E-state index contributed by atoms with van der Waals surface area (Å²) in [4.78, 5) is 16.5. The topological polar surface area (TPSA) is 64.3 Å². The van der Waals surface area contributed by atoms with Crippen LogP contribution in [0.4, 0.5) is 17.2 Å². The quantitative estimate of drug-likeness (QED) is 0.593. The molecule has 0 spiro atoms. The number of aromatic nitrogens is 2. The van der Waals surface area contributed by atoms with E-state index in [0.29, 0.717) is 5.82 Å². The van der Waals surface area contributed by atoms with E-state index in [1.807, 2.05) is 0 Å². The van der Waals surface area contributed by atoms with Gasteiger partial charge in [0.25, 0.3) is 0 Å². The molecule has 33 heavy (non-hydrogen) atoms. The third kappa shape index (κ3) is 3.90. The minimum atomic E-state index is -0.326. The van der Waals surface area contributed by atoms with E-state index in [2.05, 4.69) is 114 Å². The number of carbonyl (C=O) groups is 1. The van der Waals surface area contributed by atoms with Crippen LogP contribution < -0.4 is 15.1 Å². The highest BCUT2D eigenvalue weighted by atomic mass is 16.2. The van der Waals surface area contributed by atoms with Crippen LogP contribution in [0.2, 0.25) is 0 Å². The maximum Gasteiger partial charge on any atom is 0.228 e. The Bertz CT molecular complexity index is 1130. The van der Waals surface area contributed by atoms with Crippen molar-refractivity contribution in [2.75, 3.05) is 43.3 Å². The molecule has 2 N–H and O–H groups in total. The van der Waals surface area contributed by atoms with Gasteiger partial charge in [0.15, 0.2) is 5.82 Å². The number of benzene rings is 2. The molecule has 0 bridgehead atoms. The summed E-state index contributed by atoms with van der Waals surface area (Å²) in [6.45, 7) is 0. The Hall–Kier alpha value is -3.54. The molecular weight excluding hydrogens is 410 g/mol. The predicted octanol–water partition coefficient (Wildman–Crippen LogP) is 4.45. The van der Waals surface area contributed by atoms with Gasteiger partial charge in [-0.25, -0.2) is 0 Å². The van der Waals surface area contributed by atoms with Crippen LogP contribution in [0.25, 0.3) is 6.08 Å². The molecule has 0 unspecified atom stereocenters. The van der Waals surface area contributed by atoms with Gasteiger partial charge in [-0.3, -0.25) is 9.89 Å². The van der Waals surface area contributed by atoms with Gasteiger partial charge in [-0.1, -0.05) is 36.4 Å². The first-order valence-electron chi connectivity index (χ1n) is 11.5. The third-order valence-electron chi connectivity index (χ3n) is 6.86. The third-order valence-corrected chi connectivity index (χ3v) is 6.86. The van der Waals surface area contributed by atoms with E-state index < -0.39 is 0 Å². The number of aromatic amines is 1. The molecule has 1 fully saturated rings. The highest BCUT2D eigenvalue weighted by molar-refractivity contribution is 5.95. The fourth-order valence-corrected chi connectivity index (χ4v) is 4.60. The van der Waals surface area contributed by atoms with Gasteiger partial charge >= 0.3 is 0 Å². The first kappa shape index (κ1) is 21.3. The van der Waals surface area contributed by atoms with Gasteiger partial charge in [0.2, 0.25) is 5.91 Å². The van der Waals surface area contributed by atoms with Crippen LogP contribution in [0.3, 0.4) is 0 Å². The number of anilines is 3. The first-order valence-corrected chi connectivity index (χ1v) is 11.5. The molecule has 2 aromatic carbocycles. The van der Waals surface area contributed by atoms with E-state index >= 15 is 0 Å². The first-order chi connectivity index (χ1) is 15.9. The zero-order valence-electron chi connectivity index (χ0n) is 19.7. The summed E-state index contributed by atoms with van der Waals surface area (Å²) in [7, 11) is 8.22. The van der Waals surface area contributed by atoms with Crippen molar-refractivity contribution in [3.05, 3.63) is 77.0 Å². The Balaban J connectivity index is 1.55. The van der Waals surface area contributed by atoms with Crippen molar-refractivity contribution >= 4 is 29.2 Å². The molecule has 0 radical (unpaired) electrons. The fourth-order valence-electron chi connectivity index (χ4n) is 4.60. The van der Waals surface area contributed by atoms with Crippen LogP contribution in [0, 0.1) is 5.92 Å². The minimum Gasteiger partial charge on any atom is -0.378 e. The maximum absolute atomic E-state index is 12.3. The van der Waals surface area contributed by atoms with Crippen LogP contribution >= 0.6 is 0 Å². The molecule has 6 heteroatoms. The summed E-state index contributed by atoms with van der Waals surface area (Å²) < 4.78 is 0. The molecule has 2 aliphatic rings. The SMILES string of the molecule is CN(C)c1ccc(C2(c3ccc(N(C)C)cc3)C=Cc3c(NC(=O)C4CC4)n[nH]c3C2)cc1. The molecule has 170 valence electrons. The van der Waals surface area contributed by atoms with Crippen molar-refractivity contribution in [2.45, 2.75) is 24.7 Å². The van der Waals surface area contributed by atoms with E-state index in [4.69, 9.17) is 0 Å². The number of nitrogens with zero attached hydrogens (tertiary/aromatic N) is 3. The number of allylic oxidation sites excluding steroid dienone is 1. The van der Waals surface area contributed by atoms with Gasteiger partial charge in [-0.05, 0) is 48.2 Å². The molecule has 0 saturated heterocycles. The number of hydrogen-bond acceptors (Lipinski definition) is 4. The number of carbonyl (C=O) groups excluding carboxylic acids is 1. The lowest BCUT2D eigenvalue weighted by molar-refractivity contribution is -0.117. The van der Waals surface area contributed by atoms with Crippen LogP contribution in [0.15, 0.2) is 54.6 Å². The number of nitrogens with one attached hydrogen (secondary N) is 2. The number of rotatable bonds is 6. The second-order valence-corrected chi connectivity index (χ2v) is 9.59. The summed E-state index contributed by atoms with van der Waals surface area (Å²) >= 11 is 0. The second kappa shape index (κ2) is 8.10. The lowest BCUT2D eigenvalue weighted by atomic mass is 9.68. The number of fused-ring (bicyclic) bond motifs is 1. The number of hydrogen-bond donors (Lipinski definition) is 2. The molecule has 0 atom stereocenters. The van der Waals surface area contributed by atoms with Gasteiger partial charge in [-0.15, -0.1) is 0 Å². The van der Waals surface area contributed by atoms with E-state index in [-0.39, 0.29) is 17.2 Å².